The standard InChI is InChI=1S/C25H20ClN3O5/c1-14(30)28-17-6-3-7-18(12-17)29-22(16-5-4-10-27-13-16)21(24(32)25(29)33)23(31)15-8-9-19(26)20(11-15)34-2/h3-13,22,31H,1-2H3,(H,28,30)/b23-21+. The zero-order chi connectivity index (χ0) is 24.4. The molecule has 0 bridgehead atoms. The smallest absolute Gasteiger partial charge is 0.300 e. The van der Waals surface area contributed by atoms with Crippen LogP contribution >= 0.6 is 11.6 Å². The highest BCUT2D eigenvalue weighted by Gasteiger charge is 2.47. The Bertz CT molecular complexity index is 1320. The van der Waals surface area contributed by atoms with Crippen LogP contribution in [0.5, 0.6) is 5.75 Å². The molecule has 0 aliphatic carbocycles. The Morgan fingerprint density at radius 3 is 2.62 bits per heavy atom. The van der Waals surface area contributed by atoms with Gasteiger partial charge in [-0.1, -0.05) is 23.7 Å². The summed E-state index contributed by atoms with van der Waals surface area (Å²) < 4.78 is 5.22. The minimum absolute atomic E-state index is 0.104. The van der Waals surface area contributed by atoms with E-state index >= 15 is 0 Å². The molecule has 9 heteroatoms. The summed E-state index contributed by atoms with van der Waals surface area (Å²) in [4.78, 5) is 43.4. The largest absolute Gasteiger partial charge is 0.507 e. The molecule has 1 atom stereocenters. The van der Waals surface area contributed by atoms with Crippen molar-refractivity contribution in [1.82, 2.24) is 4.98 Å². The predicted molar refractivity (Wildman–Crippen MR) is 128 cm³/mol. The van der Waals surface area contributed by atoms with E-state index in [0.717, 1.165) is 0 Å². The fourth-order valence-corrected chi connectivity index (χ4v) is 4.05. The van der Waals surface area contributed by atoms with Crippen molar-refractivity contribution in [2.24, 2.45) is 0 Å². The lowest BCUT2D eigenvalue weighted by atomic mass is 9.96. The molecule has 1 aliphatic heterocycles. The lowest BCUT2D eigenvalue weighted by Gasteiger charge is -2.25. The van der Waals surface area contributed by atoms with Crippen LogP contribution in [0.3, 0.4) is 0 Å². The molecule has 8 nitrogen and oxygen atoms in total. The fraction of sp³-hybridized carbons (Fsp3) is 0.120. The molecule has 0 spiro atoms. The summed E-state index contributed by atoms with van der Waals surface area (Å²) in [5.41, 5.74) is 1.51. The number of Topliss-reactive ketones (excluding diaryl/α,β-unsaturated/α-hetero) is 1. The summed E-state index contributed by atoms with van der Waals surface area (Å²) in [7, 11) is 1.43. The summed E-state index contributed by atoms with van der Waals surface area (Å²) in [6.45, 7) is 1.37. The molecule has 1 saturated heterocycles. The first-order valence-electron chi connectivity index (χ1n) is 10.2. The molecule has 1 aromatic heterocycles. The third-order valence-electron chi connectivity index (χ3n) is 5.31. The van der Waals surface area contributed by atoms with Crippen LogP contribution < -0.4 is 15.0 Å². The van der Waals surface area contributed by atoms with Gasteiger partial charge >= 0.3 is 0 Å². The number of anilines is 2. The summed E-state index contributed by atoms with van der Waals surface area (Å²) in [6.07, 6.45) is 3.09. The van der Waals surface area contributed by atoms with E-state index < -0.39 is 17.7 Å². The molecule has 1 unspecified atom stereocenters. The van der Waals surface area contributed by atoms with Gasteiger partial charge < -0.3 is 15.2 Å². The molecule has 1 fully saturated rings. The molecule has 1 aliphatic rings. The molecular formula is C25H20ClN3O5. The van der Waals surface area contributed by atoms with Crippen LogP contribution in [-0.4, -0.2) is 34.8 Å². The molecule has 2 aromatic carbocycles. The van der Waals surface area contributed by atoms with Crippen molar-refractivity contribution in [3.8, 4) is 5.75 Å². The van der Waals surface area contributed by atoms with Crippen LogP contribution in [0.1, 0.15) is 24.1 Å². The van der Waals surface area contributed by atoms with E-state index in [1.807, 2.05) is 0 Å². The van der Waals surface area contributed by atoms with Crippen molar-refractivity contribution in [2.75, 3.05) is 17.3 Å². The average molecular weight is 478 g/mol. The minimum atomic E-state index is -0.956. The fourth-order valence-electron chi connectivity index (χ4n) is 3.85. The number of amides is 2. The molecule has 0 saturated carbocycles. The Balaban J connectivity index is 1.91. The van der Waals surface area contributed by atoms with E-state index in [2.05, 4.69) is 10.3 Å². The average Bonchev–Trinajstić information content (AvgIpc) is 3.09. The molecule has 2 heterocycles. The summed E-state index contributed by atoms with van der Waals surface area (Å²) in [6, 6.07) is 13.5. The van der Waals surface area contributed by atoms with E-state index in [4.69, 9.17) is 16.3 Å². The molecule has 34 heavy (non-hydrogen) atoms. The van der Waals surface area contributed by atoms with Crippen molar-refractivity contribution in [3.05, 3.63) is 88.7 Å². The van der Waals surface area contributed by atoms with Gasteiger partial charge in [0.15, 0.2) is 0 Å². The summed E-state index contributed by atoms with van der Waals surface area (Å²) in [5.74, 6) is -2.02. The lowest BCUT2D eigenvalue weighted by molar-refractivity contribution is -0.132. The van der Waals surface area contributed by atoms with Gasteiger partial charge in [0.05, 0.1) is 23.7 Å². The van der Waals surface area contributed by atoms with Gasteiger partial charge in [-0.2, -0.15) is 0 Å². The van der Waals surface area contributed by atoms with Crippen LogP contribution in [0.4, 0.5) is 11.4 Å². The van der Waals surface area contributed by atoms with Crippen LogP contribution in [0, 0.1) is 0 Å². The molecular weight excluding hydrogens is 458 g/mol. The van der Waals surface area contributed by atoms with Gasteiger partial charge in [-0.25, -0.2) is 0 Å². The molecule has 0 radical (unpaired) electrons. The Hall–Kier alpha value is -4.17. The van der Waals surface area contributed by atoms with Crippen LogP contribution in [0.2, 0.25) is 5.02 Å². The highest BCUT2D eigenvalue weighted by molar-refractivity contribution is 6.51. The number of hydrogen-bond donors (Lipinski definition) is 2. The van der Waals surface area contributed by atoms with Crippen LogP contribution in [-0.2, 0) is 14.4 Å². The molecule has 2 amide bonds. The number of pyridine rings is 1. The second-order valence-corrected chi connectivity index (χ2v) is 7.94. The highest BCUT2D eigenvalue weighted by Crippen LogP contribution is 2.43. The number of nitrogens with zero attached hydrogens (tertiary/aromatic N) is 2. The third kappa shape index (κ3) is 4.23. The van der Waals surface area contributed by atoms with E-state index in [9.17, 15) is 19.5 Å². The number of hydrogen-bond acceptors (Lipinski definition) is 6. The number of ketones is 1. The number of nitrogens with one attached hydrogen (secondary N) is 1. The summed E-state index contributed by atoms with van der Waals surface area (Å²) in [5, 5.41) is 14.2. The maximum Gasteiger partial charge on any atom is 0.300 e. The number of halogens is 1. The number of methoxy groups -OCH3 is 1. The van der Waals surface area contributed by atoms with Gasteiger partial charge in [0.25, 0.3) is 11.7 Å². The van der Waals surface area contributed by atoms with Crippen LogP contribution in [0.25, 0.3) is 5.76 Å². The third-order valence-corrected chi connectivity index (χ3v) is 5.63. The predicted octanol–water partition coefficient (Wildman–Crippen LogP) is 4.33. The van der Waals surface area contributed by atoms with Gasteiger partial charge in [0, 0.05) is 36.3 Å². The quantitative estimate of drug-likeness (QED) is 0.321. The van der Waals surface area contributed by atoms with Gasteiger partial charge in [-0.3, -0.25) is 24.3 Å². The Morgan fingerprint density at radius 1 is 1.15 bits per heavy atom. The van der Waals surface area contributed by atoms with E-state index in [1.54, 1.807) is 42.6 Å². The maximum absolute atomic E-state index is 13.2. The number of aliphatic hydroxyl groups is 1. The van der Waals surface area contributed by atoms with E-state index in [-0.39, 0.29) is 22.8 Å². The number of ether oxygens (including phenoxy) is 1. The van der Waals surface area contributed by atoms with Gasteiger partial charge in [0.2, 0.25) is 5.91 Å². The zero-order valence-electron chi connectivity index (χ0n) is 18.3. The first kappa shape index (κ1) is 23.0. The van der Waals surface area contributed by atoms with Crippen molar-refractivity contribution in [3.63, 3.8) is 0 Å². The van der Waals surface area contributed by atoms with Crippen molar-refractivity contribution < 1.29 is 24.2 Å². The normalized spacial score (nSPS) is 17.0. The van der Waals surface area contributed by atoms with Crippen molar-refractivity contribution in [2.45, 2.75) is 13.0 Å². The topological polar surface area (TPSA) is 109 Å². The highest BCUT2D eigenvalue weighted by atomic mass is 35.5. The number of aromatic nitrogens is 1. The van der Waals surface area contributed by atoms with E-state index in [1.165, 1.54) is 43.3 Å². The minimum Gasteiger partial charge on any atom is -0.507 e. The number of aliphatic hydroxyl groups excluding tert-OH is 1. The number of carbonyl (C=O) groups excluding carboxylic acids is 3. The SMILES string of the molecule is COc1cc(/C(O)=C2\C(=O)C(=O)N(c3cccc(NC(C)=O)c3)C2c2cccnc2)ccc1Cl. The Morgan fingerprint density at radius 2 is 1.94 bits per heavy atom. The monoisotopic (exact) mass is 477 g/mol. The molecule has 3 aromatic rings. The molecule has 172 valence electrons. The van der Waals surface area contributed by atoms with Crippen molar-refractivity contribution in [1.29, 1.82) is 0 Å². The first-order valence-corrected chi connectivity index (χ1v) is 10.6. The number of rotatable bonds is 5. The van der Waals surface area contributed by atoms with E-state index in [0.29, 0.717) is 27.7 Å². The first-order chi connectivity index (χ1) is 16.3. The zero-order valence-corrected chi connectivity index (χ0v) is 19.0. The maximum atomic E-state index is 13.2. The van der Waals surface area contributed by atoms with Gasteiger partial charge in [-0.05, 0) is 48.0 Å². The van der Waals surface area contributed by atoms with Gasteiger partial charge in [-0.15, -0.1) is 0 Å². The van der Waals surface area contributed by atoms with Gasteiger partial charge in [0.1, 0.15) is 11.5 Å². The molecule has 2 N–H and O–H groups in total. The Labute approximate surface area is 200 Å². The number of carbonyl (C=O) groups is 3. The second-order valence-electron chi connectivity index (χ2n) is 7.54. The lowest BCUT2D eigenvalue weighted by Crippen LogP contribution is -2.29. The van der Waals surface area contributed by atoms with Crippen molar-refractivity contribution >= 4 is 46.3 Å². The summed E-state index contributed by atoms with van der Waals surface area (Å²) >= 11 is 6.10. The second kappa shape index (κ2) is 9.36. The van der Waals surface area contributed by atoms with Crippen LogP contribution in [0.15, 0.2) is 72.6 Å². The Kier molecular flexibility index (Phi) is 6.34. The number of benzene rings is 2. The molecule has 4 rings (SSSR count).